The number of hydrogen-bond donors (Lipinski definition) is 0. The third-order valence-electron chi connectivity index (χ3n) is 6.04. The summed E-state index contributed by atoms with van der Waals surface area (Å²) in [4.78, 5) is 17.5. The predicted octanol–water partition coefficient (Wildman–Crippen LogP) is 3.60. The van der Waals surface area contributed by atoms with Crippen LogP contribution in [0.2, 0.25) is 5.02 Å². The maximum Gasteiger partial charge on any atom is 0.225 e. The van der Waals surface area contributed by atoms with Crippen LogP contribution in [0.3, 0.4) is 0 Å². The molecule has 0 aromatic heterocycles. The Balaban J connectivity index is 1.44. The molecule has 1 aromatic carbocycles. The van der Waals surface area contributed by atoms with E-state index in [0.717, 1.165) is 57.2 Å². The summed E-state index contributed by atoms with van der Waals surface area (Å²) in [6.07, 6.45) is 6.49. The second kappa shape index (κ2) is 9.02. The molecule has 0 radical (unpaired) electrons. The minimum Gasteiger partial charge on any atom is -0.491 e. The first kappa shape index (κ1) is 20.0. The zero-order valence-corrected chi connectivity index (χ0v) is 17.3. The Morgan fingerprint density at radius 1 is 1.14 bits per heavy atom. The SMILES string of the molecule is O=C(C[C@]1(COc2ccc(Cl)cc2)CN(CC2CC2)CCO1)N1CCCCC1. The normalized spacial score (nSPS) is 26.2. The highest BCUT2D eigenvalue weighted by Gasteiger charge is 2.42. The molecule has 2 aliphatic heterocycles. The molecule has 0 N–H and O–H groups in total. The molecular weight excluding hydrogens is 376 g/mol. The summed E-state index contributed by atoms with van der Waals surface area (Å²) in [6.45, 7) is 5.61. The molecule has 5 nitrogen and oxygen atoms in total. The van der Waals surface area contributed by atoms with E-state index in [1.54, 1.807) is 0 Å². The van der Waals surface area contributed by atoms with Gasteiger partial charge in [-0.25, -0.2) is 0 Å². The summed E-state index contributed by atoms with van der Waals surface area (Å²) in [5.41, 5.74) is -0.582. The average Bonchev–Trinajstić information content (AvgIpc) is 3.52. The molecule has 1 aliphatic carbocycles. The molecule has 2 heterocycles. The van der Waals surface area contributed by atoms with E-state index < -0.39 is 5.60 Å². The summed E-state index contributed by atoms with van der Waals surface area (Å²) in [6, 6.07) is 7.38. The molecule has 1 aromatic rings. The molecule has 3 fully saturated rings. The Bertz CT molecular complexity index is 658. The van der Waals surface area contributed by atoms with Crippen LogP contribution in [0, 0.1) is 5.92 Å². The highest BCUT2D eigenvalue weighted by molar-refractivity contribution is 6.30. The van der Waals surface area contributed by atoms with Crippen molar-refractivity contribution in [2.45, 2.75) is 44.1 Å². The van der Waals surface area contributed by atoms with Crippen molar-refractivity contribution in [2.24, 2.45) is 5.92 Å². The largest absolute Gasteiger partial charge is 0.491 e. The number of amides is 1. The molecular formula is C22H31ClN2O3. The fourth-order valence-electron chi connectivity index (χ4n) is 4.27. The smallest absolute Gasteiger partial charge is 0.225 e. The molecule has 1 amide bonds. The number of halogens is 1. The second-order valence-electron chi connectivity index (χ2n) is 8.57. The predicted molar refractivity (Wildman–Crippen MR) is 110 cm³/mol. The summed E-state index contributed by atoms with van der Waals surface area (Å²) >= 11 is 5.98. The Morgan fingerprint density at radius 3 is 2.61 bits per heavy atom. The van der Waals surface area contributed by atoms with Gasteiger partial charge in [-0.05, 0) is 62.3 Å². The van der Waals surface area contributed by atoms with Crippen molar-refractivity contribution >= 4 is 17.5 Å². The van der Waals surface area contributed by atoms with Crippen LogP contribution in [0.25, 0.3) is 0 Å². The molecule has 28 heavy (non-hydrogen) atoms. The quantitative estimate of drug-likeness (QED) is 0.693. The molecule has 2 saturated heterocycles. The van der Waals surface area contributed by atoms with Crippen molar-refractivity contribution in [3.63, 3.8) is 0 Å². The van der Waals surface area contributed by atoms with Crippen molar-refractivity contribution < 1.29 is 14.3 Å². The average molecular weight is 407 g/mol. The van der Waals surface area contributed by atoms with E-state index in [-0.39, 0.29) is 5.91 Å². The van der Waals surface area contributed by atoms with Gasteiger partial charge in [0.15, 0.2) is 0 Å². The number of ether oxygens (including phenoxy) is 2. The lowest BCUT2D eigenvalue weighted by Gasteiger charge is -2.43. The molecule has 0 unspecified atom stereocenters. The van der Waals surface area contributed by atoms with Crippen LogP contribution in [-0.4, -0.2) is 67.2 Å². The zero-order chi connectivity index (χ0) is 19.4. The molecule has 3 aliphatic rings. The topological polar surface area (TPSA) is 42.0 Å². The van der Waals surface area contributed by atoms with E-state index in [1.807, 2.05) is 29.2 Å². The van der Waals surface area contributed by atoms with Gasteiger partial charge in [-0.1, -0.05) is 11.6 Å². The first-order valence-electron chi connectivity index (χ1n) is 10.6. The van der Waals surface area contributed by atoms with Crippen LogP contribution in [0.5, 0.6) is 5.75 Å². The molecule has 1 saturated carbocycles. The van der Waals surface area contributed by atoms with E-state index in [9.17, 15) is 4.79 Å². The third kappa shape index (κ3) is 5.40. The van der Waals surface area contributed by atoms with E-state index in [4.69, 9.17) is 21.1 Å². The monoisotopic (exact) mass is 406 g/mol. The van der Waals surface area contributed by atoms with Gasteiger partial charge >= 0.3 is 0 Å². The molecule has 1 atom stereocenters. The summed E-state index contributed by atoms with van der Waals surface area (Å²) in [5.74, 6) is 1.79. The van der Waals surface area contributed by atoms with Gasteiger partial charge in [0.25, 0.3) is 0 Å². The first-order valence-corrected chi connectivity index (χ1v) is 11.0. The Hall–Kier alpha value is -1.30. The van der Waals surface area contributed by atoms with Crippen molar-refractivity contribution in [2.75, 3.05) is 45.9 Å². The number of benzene rings is 1. The Morgan fingerprint density at radius 2 is 1.89 bits per heavy atom. The Labute approximate surface area is 172 Å². The van der Waals surface area contributed by atoms with Crippen LogP contribution in [-0.2, 0) is 9.53 Å². The van der Waals surface area contributed by atoms with Crippen molar-refractivity contribution in [1.29, 1.82) is 0 Å². The number of hydrogen-bond acceptors (Lipinski definition) is 4. The molecule has 0 spiro atoms. The van der Waals surface area contributed by atoms with Gasteiger partial charge in [-0.15, -0.1) is 0 Å². The number of piperidine rings is 1. The highest BCUT2D eigenvalue weighted by atomic mass is 35.5. The number of carbonyl (C=O) groups is 1. The van der Waals surface area contributed by atoms with E-state index >= 15 is 0 Å². The molecule has 0 bridgehead atoms. The van der Waals surface area contributed by atoms with Crippen LogP contribution in [0.15, 0.2) is 24.3 Å². The van der Waals surface area contributed by atoms with Crippen LogP contribution in [0.4, 0.5) is 0 Å². The fourth-order valence-corrected chi connectivity index (χ4v) is 4.39. The lowest BCUT2D eigenvalue weighted by Crippen LogP contribution is -2.57. The van der Waals surface area contributed by atoms with Gasteiger partial charge in [0.1, 0.15) is 18.0 Å². The number of nitrogens with zero attached hydrogens (tertiary/aromatic N) is 2. The van der Waals surface area contributed by atoms with Crippen molar-refractivity contribution in [1.82, 2.24) is 9.80 Å². The van der Waals surface area contributed by atoms with Gasteiger partial charge in [-0.3, -0.25) is 9.69 Å². The number of rotatable bonds is 7. The summed E-state index contributed by atoms with van der Waals surface area (Å²) in [7, 11) is 0. The standard InChI is InChI=1S/C22H31ClN2O3/c23-19-6-8-20(9-7-19)27-17-22(14-21(26)25-10-2-1-3-11-25)16-24(12-13-28-22)15-18-4-5-18/h6-9,18H,1-5,10-17H2/t22-/m1/s1. The Kier molecular flexibility index (Phi) is 6.44. The number of morpholine rings is 1. The van der Waals surface area contributed by atoms with Gasteiger partial charge in [0, 0.05) is 37.7 Å². The van der Waals surface area contributed by atoms with Crippen molar-refractivity contribution in [3.05, 3.63) is 29.3 Å². The lowest BCUT2D eigenvalue weighted by molar-refractivity contribution is -0.157. The van der Waals surface area contributed by atoms with Gasteiger partial charge < -0.3 is 14.4 Å². The number of carbonyl (C=O) groups excluding carboxylic acids is 1. The van der Waals surface area contributed by atoms with E-state index in [2.05, 4.69) is 4.90 Å². The maximum atomic E-state index is 13.0. The second-order valence-corrected chi connectivity index (χ2v) is 9.01. The summed E-state index contributed by atoms with van der Waals surface area (Å²) in [5, 5.41) is 0.687. The van der Waals surface area contributed by atoms with Crippen LogP contribution in [0.1, 0.15) is 38.5 Å². The number of likely N-dealkylation sites (tertiary alicyclic amines) is 1. The van der Waals surface area contributed by atoms with Crippen molar-refractivity contribution in [3.8, 4) is 5.75 Å². The lowest BCUT2D eigenvalue weighted by atomic mass is 9.96. The fraction of sp³-hybridized carbons (Fsp3) is 0.682. The van der Waals surface area contributed by atoms with Gasteiger partial charge in [-0.2, -0.15) is 0 Å². The minimum atomic E-state index is -0.582. The van der Waals surface area contributed by atoms with Gasteiger partial charge in [0.05, 0.1) is 13.0 Å². The first-order chi connectivity index (χ1) is 13.6. The maximum absolute atomic E-state index is 13.0. The zero-order valence-electron chi connectivity index (χ0n) is 16.6. The van der Waals surface area contributed by atoms with Crippen LogP contribution < -0.4 is 4.74 Å². The molecule has 4 rings (SSSR count). The molecule has 6 heteroatoms. The highest BCUT2D eigenvalue weighted by Crippen LogP contribution is 2.32. The minimum absolute atomic E-state index is 0.202. The van der Waals surface area contributed by atoms with E-state index in [1.165, 1.54) is 19.3 Å². The summed E-state index contributed by atoms with van der Waals surface area (Å²) < 4.78 is 12.3. The third-order valence-corrected chi connectivity index (χ3v) is 6.29. The van der Waals surface area contributed by atoms with Crippen LogP contribution >= 0.6 is 11.6 Å². The van der Waals surface area contributed by atoms with Gasteiger partial charge in [0.2, 0.25) is 5.91 Å². The molecule has 154 valence electrons. The van der Waals surface area contributed by atoms with E-state index in [0.29, 0.717) is 24.7 Å².